The topological polar surface area (TPSA) is 97.4 Å². The summed E-state index contributed by atoms with van der Waals surface area (Å²) >= 11 is 0. The summed E-state index contributed by atoms with van der Waals surface area (Å²) in [4.78, 5) is 24.9. The molecule has 158 valence electrons. The third-order valence-corrected chi connectivity index (χ3v) is 4.47. The average molecular weight is 421 g/mol. The van der Waals surface area contributed by atoms with E-state index in [1.807, 2.05) is 0 Å². The molecule has 7 nitrogen and oxygen atoms in total. The van der Waals surface area contributed by atoms with Crippen LogP contribution in [0.2, 0.25) is 0 Å². The Morgan fingerprint density at radius 2 is 1.97 bits per heavy atom. The lowest BCUT2D eigenvalue weighted by Gasteiger charge is -2.10. The third-order valence-electron chi connectivity index (χ3n) is 4.47. The van der Waals surface area contributed by atoms with E-state index in [-0.39, 0.29) is 34.9 Å². The van der Waals surface area contributed by atoms with Crippen LogP contribution in [0.15, 0.2) is 47.1 Å². The van der Waals surface area contributed by atoms with Gasteiger partial charge in [-0.3, -0.25) is 9.59 Å². The van der Waals surface area contributed by atoms with Crippen LogP contribution < -0.4 is 5.32 Å². The van der Waals surface area contributed by atoms with Crippen molar-refractivity contribution >= 4 is 11.7 Å². The molecule has 0 fully saturated rings. The Bertz CT molecular complexity index is 1070. The van der Waals surface area contributed by atoms with Gasteiger partial charge >= 0.3 is 6.18 Å². The molecule has 0 aliphatic carbocycles. The second-order valence-corrected chi connectivity index (χ2v) is 6.58. The first kappa shape index (κ1) is 21.3. The molecule has 3 aromatic rings. The fraction of sp³-hybridized carbons (Fsp3) is 0.250. The molecule has 2 aromatic heterocycles. The van der Waals surface area contributed by atoms with Crippen molar-refractivity contribution in [2.24, 2.45) is 0 Å². The first-order chi connectivity index (χ1) is 14.1. The monoisotopic (exact) mass is 421 g/mol. The molecule has 0 bridgehead atoms. The molecule has 0 aliphatic heterocycles. The van der Waals surface area contributed by atoms with Crippen molar-refractivity contribution in [1.29, 1.82) is 0 Å². The van der Waals surface area contributed by atoms with E-state index in [1.165, 1.54) is 43.0 Å². The molecule has 1 atom stereocenters. The van der Waals surface area contributed by atoms with Crippen LogP contribution in [0.25, 0.3) is 5.69 Å². The van der Waals surface area contributed by atoms with Gasteiger partial charge in [-0.2, -0.15) is 18.3 Å². The Balaban J connectivity index is 1.81. The molecular formula is C20H18F3N3O4. The average Bonchev–Trinajstić information content (AvgIpc) is 3.33. The molecule has 3 rings (SSSR count). The summed E-state index contributed by atoms with van der Waals surface area (Å²) in [5.41, 5.74) is -0.351. The quantitative estimate of drug-likeness (QED) is 0.471. The van der Waals surface area contributed by atoms with Gasteiger partial charge in [0, 0.05) is 0 Å². The van der Waals surface area contributed by atoms with Crippen LogP contribution in [-0.2, 0) is 11.0 Å². The van der Waals surface area contributed by atoms with E-state index >= 15 is 0 Å². The number of aliphatic hydroxyl groups is 1. The van der Waals surface area contributed by atoms with Crippen LogP contribution in [-0.4, -0.2) is 33.1 Å². The number of nitrogens with zero attached hydrogens (tertiary/aromatic N) is 2. The maximum absolute atomic E-state index is 13.0. The number of hydrogen-bond acceptors (Lipinski definition) is 5. The maximum Gasteiger partial charge on any atom is 0.416 e. The van der Waals surface area contributed by atoms with E-state index < -0.39 is 29.5 Å². The Labute approximate surface area is 169 Å². The summed E-state index contributed by atoms with van der Waals surface area (Å²) in [5, 5.41) is 16.4. The number of nitrogens with one attached hydrogen (secondary N) is 1. The van der Waals surface area contributed by atoms with Crippen molar-refractivity contribution in [2.75, 3.05) is 6.54 Å². The fourth-order valence-corrected chi connectivity index (χ4v) is 3.00. The van der Waals surface area contributed by atoms with Gasteiger partial charge in [0.2, 0.25) is 0 Å². The maximum atomic E-state index is 13.0. The number of benzene rings is 1. The standard InChI is InChI=1S/C20H18F3N3O4/c1-11-17(18(28)19(29)24-10-15(27)16-7-4-8-30-16)12(2)26(25-11)14-6-3-5-13(9-14)20(21,22)23/h3-9,15,27H,10H2,1-2H3,(H,24,29). The van der Waals surface area contributed by atoms with Crippen molar-refractivity contribution in [2.45, 2.75) is 26.1 Å². The van der Waals surface area contributed by atoms with Gasteiger partial charge in [-0.25, -0.2) is 4.68 Å². The lowest BCUT2D eigenvalue weighted by molar-refractivity contribution is -0.137. The van der Waals surface area contributed by atoms with Crippen LogP contribution in [0.1, 0.15) is 39.2 Å². The Kier molecular flexibility index (Phi) is 5.79. The Morgan fingerprint density at radius 3 is 2.60 bits per heavy atom. The van der Waals surface area contributed by atoms with E-state index in [1.54, 1.807) is 6.07 Å². The molecule has 0 spiro atoms. The van der Waals surface area contributed by atoms with Crippen molar-refractivity contribution in [3.63, 3.8) is 0 Å². The number of carbonyl (C=O) groups is 2. The van der Waals surface area contributed by atoms with Crippen molar-refractivity contribution in [3.8, 4) is 5.69 Å². The van der Waals surface area contributed by atoms with Gasteiger partial charge in [0.05, 0.1) is 41.0 Å². The number of rotatable bonds is 6. The van der Waals surface area contributed by atoms with Crippen LogP contribution in [0.4, 0.5) is 13.2 Å². The normalized spacial score (nSPS) is 12.6. The van der Waals surface area contributed by atoms with E-state index in [2.05, 4.69) is 10.4 Å². The number of hydrogen-bond donors (Lipinski definition) is 2. The molecule has 2 heterocycles. The minimum atomic E-state index is -4.53. The summed E-state index contributed by atoms with van der Waals surface area (Å²) in [6.07, 6.45) is -4.30. The highest BCUT2D eigenvalue weighted by Crippen LogP contribution is 2.31. The van der Waals surface area contributed by atoms with Crippen molar-refractivity contribution < 1.29 is 32.3 Å². The smallest absolute Gasteiger partial charge is 0.416 e. The molecule has 0 saturated carbocycles. The Morgan fingerprint density at radius 1 is 1.23 bits per heavy atom. The molecule has 2 N–H and O–H groups in total. The molecule has 30 heavy (non-hydrogen) atoms. The lowest BCUT2D eigenvalue weighted by Crippen LogP contribution is -2.34. The van der Waals surface area contributed by atoms with Crippen LogP contribution in [0.5, 0.6) is 0 Å². The predicted octanol–water partition coefficient (Wildman–Crippen LogP) is 3.13. The number of Topliss-reactive ketones (excluding diaryl/α,β-unsaturated/α-hetero) is 1. The first-order valence-electron chi connectivity index (χ1n) is 8.87. The SMILES string of the molecule is Cc1nn(-c2cccc(C(F)(F)F)c2)c(C)c1C(=O)C(=O)NCC(O)c1ccco1. The molecule has 1 aromatic carbocycles. The Hall–Kier alpha value is -3.40. The molecular weight excluding hydrogens is 403 g/mol. The van der Waals surface area contributed by atoms with Gasteiger partial charge in [0.1, 0.15) is 11.9 Å². The van der Waals surface area contributed by atoms with Crippen LogP contribution in [0.3, 0.4) is 0 Å². The van der Waals surface area contributed by atoms with E-state index in [0.717, 1.165) is 12.1 Å². The molecule has 10 heteroatoms. The summed E-state index contributed by atoms with van der Waals surface area (Å²) in [7, 11) is 0. The number of aliphatic hydroxyl groups excluding tert-OH is 1. The molecule has 0 aliphatic rings. The van der Waals surface area contributed by atoms with Crippen LogP contribution in [0, 0.1) is 13.8 Å². The number of amides is 1. The lowest BCUT2D eigenvalue weighted by atomic mass is 10.1. The minimum Gasteiger partial charge on any atom is -0.467 e. The highest BCUT2D eigenvalue weighted by molar-refractivity contribution is 6.43. The number of halogens is 3. The van der Waals surface area contributed by atoms with E-state index in [4.69, 9.17) is 4.42 Å². The summed E-state index contributed by atoms with van der Waals surface area (Å²) < 4.78 is 45.2. The number of carbonyl (C=O) groups excluding carboxylic acids is 2. The molecule has 0 radical (unpaired) electrons. The summed E-state index contributed by atoms with van der Waals surface area (Å²) in [6, 6.07) is 7.58. The minimum absolute atomic E-state index is 0.0163. The fourth-order valence-electron chi connectivity index (χ4n) is 3.00. The van der Waals surface area contributed by atoms with E-state index in [0.29, 0.717) is 0 Å². The molecule has 0 saturated heterocycles. The second-order valence-electron chi connectivity index (χ2n) is 6.58. The zero-order valence-corrected chi connectivity index (χ0v) is 16.0. The zero-order valence-electron chi connectivity index (χ0n) is 16.0. The summed E-state index contributed by atoms with van der Waals surface area (Å²) in [6.45, 7) is 2.71. The highest BCUT2D eigenvalue weighted by Gasteiger charge is 2.31. The molecule has 1 amide bonds. The van der Waals surface area contributed by atoms with Gasteiger partial charge in [0.15, 0.2) is 0 Å². The number of alkyl halides is 3. The number of ketones is 1. The third kappa shape index (κ3) is 4.28. The van der Waals surface area contributed by atoms with Crippen molar-refractivity contribution in [1.82, 2.24) is 15.1 Å². The zero-order chi connectivity index (χ0) is 22.1. The van der Waals surface area contributed by atoms with Gasteiger partial charge in [-0.15, -0.1) is 0 Å². The van der Waals surface area contributed by atoms with Crippen molar-refractivity contribution in [3.05, 3.63) is 70.9 Å². The van der Waals surface area contributed by atoms with Gasteiger partial charge in [0.25, 0.3) is 11.7 Å². The largest absolute Gasteiger partial charge is 0.467 e. The predicted molar refractivity (Wildman–Crippen MR) is 99.0 cm³/mol. The van der Waals surface area contributed by atoms with E-state index in [9.17, 15) is 27.9 Å². The van der Waals surface area contributed by atoms with Gasteiger partial charge in [-0.1, -0.05) is 6.07 Å². The number of aromatic nitrogens is 2. The van der Waals surface area contributed by atoms with Gasteiger partial charge in [-0.05, 0) is 44.2 Å². The highest BCUT2D eigenvalue weighted by atomic mass is 19.4. The first-order valence-corrected chi connectivity index (χ1v) is 8.87. The second kappa shape index (κ2) is 8.15. The summed E-state index contributed by atoms with van der Waals surface area (Å²) in [5.74, 6) is -1.65. The number of furan rings is 1. The molecule has 1 unspecified atom stereocenters. The number of aryl methyl sites for hydroxylation is 1. The van der Waals surface area contributed by atoms with Gasteiger partial charge < -0.3 is 14.8 Å². The van der Waals surface area contributed by atoms with Crippen LogP contribution >= 0.6 is 0 Å².